The van der Waals surface area contributed by atoms with Crippen LogP contribution >= 0.6 is 27.7 Å². The molecule has 0 amide bonds. The van der Waals surface area contributed by atoms with Crippen molar-refractivity contribution in [1.29, 1.82) is 0 Å². The molecule has 0 atom stereocenters. The Labute approximate surface area is 199 Å². The molecule has 0 saturated carbocycles. The van der Waals surface area contributed by atoms with Crippen LogP contribution in [0.25, 0.3) is 10.9 Å². The van der Waals surface area contributed by atoms with Gasteiger partial charge in [0.1, 0.15) is 0 Å². The Bertz CT molecular complexity index is 1120. The fourth-order valence-corrected chi connectivity index (χ4v) is 11.0. The van der Waals surface area contributed by atoms with Gasteiger partial charge in [-0.15, -0.1) is 0 Å². The number of hydrogen-bond donors (Lipinski definition) is 1. The van der Waals surface area contributed by atoms with Crippen molar-refractivity contribution < 1.29 is 19.0 Å². The van der Waals surface area contributed by atoms with Crippen LogP contribution in [0.2, 0.25) is 14.8 Å². The first-order valence-corrected chi connectivity index (χ1v) is 22.0. The molecule has 1 aromatic heterocycles. The average molecular weight is 615 g/mol. The van der Waals surface area contributed by atoms with E-state index in [-0.39, 0.29) is 24.1 Å². The molecule has 2 aromatic carbocycles. The molecular formula is C23H27BrFNO3SSn. The SMILES string of the molecule is CCOC(=O)c1c(CSCc2ccc(F)cc2)n(C)c2cc(Br)c(O)[c]([Sn]([CH3])([CH3])[CH3])c12. The van der Waals surface area contributed by atoms with Gasteiger partial charge in [0.15, 0.2) is 0 Å². The van der Waals surface area contributed by atoms with Crippen LogP contribution in [0.1, 0.15) is 28.5 Å². The van der Waals surface area contributed by atoms with Gasteiger partial charge < -0.3 is 0 Å². The zero-order valence-electron chi connectivity index (χ0n) is 18.4. The Morgan fingerprint density at radius 3 is 2.45 bits per heavy atom. The van der Waals surface area contributed by atoms with Gasteiger partial charge in [0.25, 0.3) is 0 Å². The summed E-state index contributed by atoms with van der Waals surface area (Å²) in [5, 5.41) is 11.7. The van der Waals surface area contributed by atoms with Crippen LogP contribution in [0.4, 0.5) is 4.39 Å². The molecule has 0 saturated heterocycles. The van der Waals surface area contributed by atoms with Crippen LogP contribution in [0.5, 0.6) is 5.75 Å². The van der Waals surface area contributed by atoms with E-state index in [2.05, 4.69) is 30.7 Å². The molecular weight excluding hydrogens is 588 g/mol. The monoisotopic (exact) mass is 615 g/mol. The van der Waals surface area contributed by atoms with E-state index in [1.807, 2.05) is 17.7 Å². The third kappa shape index (κ3) is 5.09. The zero-order valence-corrected chi connectivity index (χ0v) is 23.6. The van der Waals surface area contributed by atoms with Crippen molar-refractivity contribution in [1.82, 2.24) is 4.57 Å². The molecule has 0 fully saturated rings. The summed E-state index contributed by atoms with van der Waals surface area (Å²) in [6.45, 7) is 2.08. The number of benzene rings is 2. The fourth-order valence-electron chi connectivity index (χ4n) is 3.77. The molecule has 1 N–H and O–H groups in total. The second kappa shape index (κ2) is 9.75. The van der Waals surface area contributed by atoms with E-state index in [1.165, 1.54) is 12.1 Å². The number of rotatable bonds is 7. The van der Waals surface area contributed by atoms with Gasteiger partial charge in [0.05, 0.1) is 0 Å². The van der Waals surface area contributed by atoms with Gasteiger partial charge in [-0.25, -0.2) is 0 Å². The van der Waals surface area contributed by atoms with Crippen molar-refractivity contribution >= 4 is 66.5 Å². The molecule has 3 aromatic rings. The van der Waals surface area contributed by atoms with E-state index in [1.54, 1.807) is 30.8 Å². The number of esters is 1. The molecule has 0 bridgehead atoms. The standard InChI is InChI=1S/C20H18BrFNO3S.3CH3.Sn/c1-3-26-20(25)19-14-8-18(24)15(21)9-16(14)23(2)17(19)11-27-10-12-4-6-13(22)7-5-12;;;;/h4-7,9,24H,3,10-11H2,1-2H3;3*1H3;. The predicted octanol–water partition coefficient (Wildman–Crippen LogP) is 5.94. The Kier molecular flexibility index (Phi) is 7.69. The van der Waals surface area contributed by atoms with E-state index < -0.39 is 18.4 Å². The summed E-state index contributed by atoms with van der Waals surface area (Å²) in [6, 6.07) is 8.34. The van der Waals surface area contributed by atoms with Crippen molar-refractivity contribution in [2.75, 3.05) is 6.61 Å². The van der Waals surface area contributed by atoms with Crippen molar-refractivity contribution in [3.05, 3.63) is 57.4 Å². The average Bonchev–Trinajstić information content (AvgIpc) is 2.95. The van der Waals surface area contributed by atoms with Gasteiger partial charge in [0.2, 0.25) is 0 Å². The Balaban J connectivity index is 2.13. The minimum absolute atomic E-state index is 0.234. The first-order valence-electron chi connectivity index (χ1n) is 10.1. The van der Waals surface area contributed by atoms with Gasteiger partial charge in [-0.2, -0.15) is 0 Å². The predicted molar refractivity (Wildman–Crippen MR) is 133 cm³/mol. The molecule has 3 rings (SSSR count). The second-order valence-electron chi connectivity index (χ2n) is 8.45. The number of thioether (sulfide) groups is 1. The van der Waals surface area contributed by atoms with E-state index in [0.717, 1.165) is 25.7 Å². The molecule has 4 nitrogen and oxygen atoms in total. The van der Waals surface area contributed by atoms with E-state index in [9.17, 15) is 14.3 Å². The number of fused-ring (bicyclic) bond motifs is 1. The Hall–Kier alpha value is -1.19. The van der Waals surface area contributed by atoms with E-state index in [0.29, 0.717) is 21.5 Å². The number of aromatic nitrogens is 1. The van der Waals surface area contributed by atoms with Crippen LogP contribution in [0, 0.1) is 5.82 Å². The molecule has 1 heterocycles. The number of carbonyl (C=O) groups is 1. The van der Waals surface area contributed by atoms with Crippen LogP contribution in [-0.2, 0) is 23.3 Å². The molecule has 166 valence electrons. The summed E-state index contributed by atoms with van der Waals surface area (Å²) in [5.41, 5.74) is 3.35. The van der Waals surface area contributed by atoms with Gasteiger partial charge >= 0.3 is 200 Å². The molecule has 0 radical (unpaired) electrons. The molecule has 0 aliphatic heterocycles. The summed E-state index contributed by atoms with van der Waals surface area (Å²) < 4.78 is 22.2. The molecule has 0 aliphatic rings. The van der Waals surface area contributed by atoms with Crippen LogP contribution in [0.3, 0.4) is 0 Å². The van der Waals surface area contributed by atoms with Crippen LogP contribution in [0.15, 0.2) is 34.8 Å². The zero-order chi connectivity index (χ0) is 22.9. The third-order valence-electron chi connectivity index (χ3n) is 5.19. The minimum atomic E-state index is -2.85. The van der Waals surface area contributed by atoms with E-state index >= 15 is 0 Å². The van der Waals surface area contributed by atoms with Crippen molar-refractivity contribution in [3.8, 4) is 5.75 Å². The molecule has 31 heavy (non-hydrogen) atoms. The van der Waals surface area contributed by atoms with Crippen molar-refractivity contribution in [2.45, 2.75) is 33.2 Å². The quantitative estimate of drug-likeness (QED) is 0.264. The van der Waals surface area contributed by atoms with Crippen LogP contribution in [-0.4, -0.2) is 40.6 Å². The van der Waals surface area contributed by atoms with Crippen LogP contribution < -0.4 is 3.58 Å². The number of aryl methyl sites for hydroxylation is 1. The Morgan fingerprint density at radius 1 is 1.23 bits per heavy atom. The molecule has 8 heteroatoms. The van der Waals surface area contributed by atoms with E-state index in [4.69, 9.17) is 4.74 Å². The summed E-state index contributed by atoms with van der Waals surface area (Å²) in [4.78, 5) is 19.8. The summed E-state index contributed by atoms with van der Waals surface area (Å²) >= 11 is 2.31. The molecule has 0 unspecified atom stereocenters. The normalized spacial score (nSPS) is 11.8. The fraction of sp³-hybridized carbons (Fsp3) is 0.348. The third-order valence-corrected chi connectivity index (χ3v) is 12.5. The number of phenolic OH excluding ortho intramolecular Hbond substituents is 1. The molecule has 0 aliphatic carbocycles. The topological polar surface area (TPSA) is 51.5 Å². The summed E-state index contributed by atoms with van der Waals surface area (Å²) in [6.07, 6.45) is 0. The first-order chi connectivity index (χ1) is 14.6. The first kappa shape index (κ1) is 24.5. The van der Waals surface area contributed by atoms with Gasteiger partial charge in [0, 0.05) is 0 Å². The van der Waals surface area contributed by atoms with Crippen molar-refractivity contribution in [3.63, 3.8) is 0 Å². The molecule has 0 spiro atoms. The van der Waals surface area contributed by atoms with Crippen molar-refractivity contribution in [2.24, 2.45) is 7.05 Å². The van der Waals surface area contributed by atoms with Gasteiger partial charge in [-0.05, 0) is 0 Å². The summed E-state index contributed by atoms with van der Waals surface area (Å²) in [7, 11) is 1.95. The van der Waals surface area contributed by atoms with Gasteiger partial charge in [-0.1, -0.05) is 0 Å². The maximum atomic E-state index is 13.2. The number of ether oxygens (including phenoxy) is 1. The Morgan fingerprint density at radius 2 is 1.87 bits per heavy atom. The number of hydrogen-bond acceptors (Lipinski definition) is 4. The number of nitrogens with zero attached hydrogens (tertiary/aromatic N) is 1. The number of aromatic hydroxyl groups is 1. The summed E-state index contributed by atoms with van der Waals surface area (Å²) in [5.74, 6) is 0.915. The maximum absolute atomic E-state index is 13.2. The van der Waals surface area contributed by atoms with Gasteiger partial charge in [-0.3, -0.25) is 0 Å². The number of carbonyl (C=O) groups excluding carboxylic acids is 1. The number of halogens is 2. The second-order valence-corrected chi connectivity index (χ2v) is 24.6. The number of phenols is 1.